The van der Waals surface area contributed by atoms with Gasteiger partial charge in [-0.3, -0.25) is 0 Å². The van der Waals surface area contributed by atoms with Crippen molar-refractivity contribution in [3.63, 3.8) is 0 Å². The molecule has 5 nitrogen and oxygen atoms in total. The van der Waals surface area contributed by atoms with E-state index in [1.54, 1.807) is 17.8 Å². The van der Waals surface area contributed by atoms with Crippen molar-refractivity contribution in [2.45, 2.75) is 18.1 Å². The highest BCUT2D eigenvalue weighted by atomic mass is 32.2. The van der Waals surface area contributed by atoms with Crippen LogP contribution in [-0.2, 0) is 27.6 Å². The molecule has 1 aliphatic rings. The van der Waals surface area contributed by atoms with Gasteiger partial charge < -0.3 is 4.74 Å². The van der Waals surface area contributed by atoms with Gasteiger partial charge in [-0.15, -0.1) is 11.8 Å². The van der Waals surface area contributed by atoms with Crippen molar-refractivity contribution in [2.75, 3.05) is 19.4 Å². The zero-order valence-electron chi connectivity index (χ0n) is 18.9. The molecule has 3 aromatic carbocycles. The molecule has 0 aromatic heterocycles. The van der Waals surface area contributed by atoms with Crippen molar-refractivity contribution in [2.24, 2.45) is 0 Å². The summed E-state index contributed by atoms with van der Waals surface area (Å²) in [4.78, 5) is 12.2. The minimum Gasteiger partial charge on any atom is -0.465 e. The lowest BCUT2D eigenvalue weighted by Crippen LogP contribution is -2.24. The first-order valence-electron chi connectivity index (χ1n) is 11.1. The minimum absolute atomic E-state index is 0.00247. The van der Waals surface area contributed by atoms with Crippen LogP contribution >= 0.6 is 11.8 Å². The number of carbonyl (C=O) groups excluding carboxylic acids is 1. The molecule has 0 radical (unpaired) electrons. The van der Waals surface area contributed by atoms with Crippen LogP contribution in [0.4, 0.5) is 0 Å². The van der Waals surface area contributed by atoms with Gasteiger partial charge in [-0.25, -0.2) is 17.9 Å². The van der Waals surface area contributed by atoms with E-state index in [0.717, 1.165) is 24.0 Å². The highest BCUT2D eigenvalue weighted by molar-refractivity contribution is 7.99. The molecule has 3 aromatic rings. The average Bonchev–Trinajstić information content (AvgIpc) is 3.02. The number of esters is 1. The Hall–Kier alpha value is -2.87. The lowest BCUT2D eigenvalue weighted by Gasteiger charge is -2.21. The first kappa shape index (κ1) is 24.3. The number of hydrogen-bond donors (Lipinski definition) is 1. The maximum atomic E-state index is 12.4. The number of sulfonamides is 1. The zero-order valence-corrected chi connectivity index (χ0v) is 20.6. The summed E-state index contributed by atoms with van der Waals surface area (Å²) in [7, 11) is -2.15. The minimum atomic E-state index is -3.54. The van der Waals surface area contributed by atoms with Crippen LogP contribution in [0.2, 0.25) is 0 Å². The van der Waals surface area contributed by atoms with Crippen LogP contribution < -0.4 is 4.72 Å². The van der Waals surface area contributed by atoms with Crippen LogP contribution in [0, 0.1) is 0 Å². The van der Waals surface area contributed by atoms with Crippen LogP contribution in [0.3, 0.4) is 0 Å². The topological polar surface area (TPSA) is 72.5 Å². The van der Waals surface area contributed by atoms with Gasteiger partial charge >= 0.3 is 5.97 Å². The first-order chi connectivity index (χ1) is 16.5. The Morgan fingerprint density at radius 1 is 1.00 bits per heavy atom. The predicted octanol–water partition coefficient (Wildman–Crippen LogP) is 4.98. The van der Waals surface area contributed by atoms with Crippen molar-refractivity contribution in [1.82, 2.24) is 4.72 Å². The number of ether oxygens (including phenoxy) is 1. The third-order valence-corrected chi connectivity index (χ3v) is 8.16. The van der Waals surface area contributed by atoms with E-state index < -0.39 is 10.0 Å². The third kappa shape index (κ3) is 5.97. The monoisotopic (exact) mass is 493 g/mol. The Morgan fingerprint density at radius 2 is 1.71 bits per heavy atom. The molecule has 1 unspecified atom stereocenters. The number of aryl methyl sites for hydroxylation is 2. The fourth-order valence-corrected chi connectivity index (χ4v) is 6.30. The second-order valence-electron chi connectivity index (χ2n) is 8.01. The maximum absolute atomic E-state index is 12.4. The summed E-state index contributed by atoms with van der Waals surface area (Å²) in [5, 5.41) is 1.20. The molecular formula is C27H27NO4S2. The van der Waals surface area contributed by atoms with Crippen molar-refractivity contribution < 1.29 is 17.9 Å². The van der Waals surface area contributed by atoms with E-state index in [0.29, 0.717) is 17.9 Å². The molecule has 176 valence electrons. The molecule has 0 fully saturated rings. The van der Waals surface area contributed by atoms with Gasteiger partial charge in [-0.2, -0.15) is 0 Å². The van der Waals surface area contributed by atoms with Gasteiger partial charge in [0.2, 0.25) is 10.0 Å². The molecule has 4 rings (SSSR count). The molecule has 1 aliphatic carbocycles. The number of carbonyl (C=O) groups is 1. The quantitative estimate of drug-likeness (QED) is 0.354. The summed E-state index contributed by atoms with van der Waals surface area (Å²) in [5.74, 6) is 0.223. The Bertz CT molecular complexity index is 1290. The van der Waals surface area contributed by atoms with E-state index in [4.69, 9.17) is 4.74 Å². The molecule has 0 amide bonds. The normalized spacial score (nSPS) is 15.4. The first-order valence-corrected chi connectivity index (χ1v) is 13.7. The van der Waals surface area contributed by atoms with Gasteiger partial charge in [0.25, 0.3) is 0 Å². The molecule has 0 saturated heterocycles. The Balaban J connectivity index is 1.50. The largest absolute Gasteiger partial charge is 0.465 e. The molecule has 1 atom stereocenters. The number of thioether (sulfide) groups is 1. The van der Waals surface area contributed by atoms with Gasteiger partial charge in [0, 0.05) is 17.7 Å². The van der Waals surface area contributed by atoms with E-state index >= 15 is 0 Å². The molecule has 1 N–H and O–H groups in total. The van der Waals surface area contributed by atoms with E-state index in [2.05, 4.69) is 16.9 Å². The molecule has 34 heavy (non-hydrogen) atoms. The number of hydrogen-bond acceptors (Lipinski definition) is 5. The third-order valence-electron chi connectivity index (χ3n) is 5.78. The highest BCUT2D eigenvalue weighted by Gasteiger charge is 2.25. The average molecular weight is 494 g/mol. The van der Waals surface area contributed by atoms with E-state index in [1.165, 1.54) is 29.2 Å². The van der Waals surface area contributed by atoms with Crippen molar-refractivity contribution in [1.29, 1.82) is 0 Å². The number of methoxy groups -OCH3 is 1. The highest BCUT2D eigenvalue weighted by Crippen LogP contribution is 2.42. The lowest BCUT2D eigenvalue weighted by atomic mass is 9.97. The number of benzene rings is 3. The van der Waals surface area contributed by atoms with Gasteiger partial charge in [0.15, 0.2) is 0 Å². The van der Waals surface area contributed by atoms with Crippen LogP contribution in [0.5, 0.6) is 0 Å². The van der Waals surface area contributed by atoms with Crippen LogP contribution in [-0.4, -0.2) is 33.8 Å². The van der Waals surface area contributed by atoms with Gasteiger partial charge in [-0.05, 0) is 58.9 Å². The fourth-order valence-electron chi connectivity index (χ4n) is 4.09. The van der Waals surface area contributed by atoms with Crippen molar-refractivity contribution in [3.8, 4) is 0 Å². The maximum Gasteiger partial charge on any atom is 0.337 e. The summed E-state index contributed by atoms with van der Waals surface area (Å²) < 4.78 is 32.4. The molecule has 7 heteroatoms. The van der Waals surface area contributed by atoms with E-state index in [1.807, 2.05) is 60.7 Å². The van der Waals surface area contributed by atoms with Gasteiger partial charge in [0.05, 0.1) is 17.9 Å². The van der Waals surface area contributed by atoms with E-state index in [9.17, 15) is 13.2 Å². The number of fused-ring (bicyclic) bond motifs is 2. The number of rotatable bonds is 8. The Labute approximate surface area is 205 Å². The van der Waals surface area contributed by atoms with Gasteiger partial charge in [0.1, 0.15) is 0 Å². The summed E-state index contributed by atoms with van der Waals surface area (Å²) in [6.45, 7) is 0.302. The summed E-state index contributed by atoms with van der Waals surface area (Å²) in [6, 6.07) is 23.4. The molecule has 0 aliphatic heterocycles. The molecule has 0 heterocycles. The van der Waals surface area contributed by atoms with E-state index in [-0.39, 0.29) is 11.2 Å². The smallest absolute Gasteiger partial charge is 0.337 e. The Morgan fingerprint density at radius 3 is 2.47 bits per heavy atom. The Kier molecular flexibility index (Phi) is 7.88. The van der Waals surface area contributed by atoms with Crippen molar-refractivity contribution in [3.05, 3.63) is 112 Å². The molecule has 0 bridgehead atoms. The number of nitrogens with one attached hydrogen (secondary N) is 1. The fraction of sp³-hybridized carbons (Fsp3) is 0.222. The summed E-state index contributed by atoms with van der Waals surface area (Å²) >= 11 is 1.68. The molecule has 0 spiro atoms. The second-order valence-corrected chi connectivity index (χ2v) is 10.9. The van der Waals surface area contributed by atoms with Crippen LogP contribution in [0.1, 0.15) is 43.4 Å². The SMILES string of the molecule is COC(=O)c1ccc2c(c1)C(SCCNS(=O)(=O)C=Cc1ccccc1)c1ccccc1CC2. The predicted molar refractivity (Wildman–Crippen MR) is 138 cm³/mol. The standard InChI is InChI=1S/C27H27NO4S2/c1-32-27(29)23-14-13-22-12-11-21-9-5-6-10-24(21)26(25(22)19-23)33-17-16-28-34(30,31)18-15-20-7-3-2-4-8-20/h2-10,13-15,18-19,26,28H,11-12,16-17H2,1H3. The lowest BCUT2D eigenvalue weighted by molar-refractivity contribution is 0.0600. The zero-order chi connectivity index (χ0) is 24.0. The van der Waals surface area contributed by atoms with Gasteiger partial charge in [-0.1, -0.05) is 60.7 Å². The molecular weight excluding hydrogens is 466 g/mol. The van der Waals surface area contributed by atoms with Crippen LogP contribution in [0.15, 0.2) is 78.2 Å². The van der Waals surface area contributed by atoms with Crippen LogP contribution in [0.25, 0.3) is 6.08 Å². The van der Waals surface area contributed by atoms with Crippen molar-refractivity contribution >= 4 is 33.8 Å². The summed E-state index contributed by atoms with van der Waals surface area (Å²) in [6.07, 6.45) is 3.40. The summed E-state index contributed by atoms with van der Waals surface area (Å²) in [5.41, 5.74) is 6.13. The second kappa shape index (κ2) is 11.0. The molecule has 0 saturated carbocycles.